The molecular formula is C17H34ClN3O2. The summed E-state index contributed by atoms with van der Waals surface area (Å²) in [6.45, 7) is 10.9. The SMILES string of the molecule is CCC(CC)C(CNC(=O)C1CCNCC1)N1CCOCC1.Cl. The van der Waals surface area contributed by atoms with Gasteiger partial charge in [-0.1, -0.05) is 26.7 Å². The van der Waals surface area contributed by atoms with Gasteiger partial charge in [-0.3, -0.25) is 9.69 Å². The third-order valence-corrected chi connectivity index (χ3v) is 5.30. The normalized spacial score (nSPS) is 21.7. The smallest absolute Gasteiger partial charge is 0.223 e. The average molecular weight is 348 g/mol. The summed E-state index contributed by atoms with van der Waals surface area (Å²) in [5.41, 5.74) is 0. The highest BCUT2D eigenvalue weighted by molar-refractivity contribution is 5.85. The van der Waals surface area contributed by atoms with Crippen molar-refractivity contribution in [2.24, 2.45) is 11.8 Å². The van der Waals surface area contributed by atoms with Gasteiger partial charge in [0.05, 0.1) is 13.2 Å². The van der Waals surface area contributed by atoms with Gasteiger partial charge in [-0.05, 0) is 31.8 Å². The van der Waals surface area contributed by atoms with Crippen molar-refractivity contribution in [3.05, 3.63) is 0 Å². The molecule has 1 unspecified atom stereocenters. The summed E-state index contributed by atoms with van der Waals surface area (Å²) in [4.78, 5) is 14.9. The van der Waals surface area contributed by atoms with E-state index in [9.17, 15) is 4.79 Å². The third kappa shape index (κ3) is 6.22. The van der Waals surface area contributed by atoms with Crippen LogP contribution in [-0.4, -0.2) is 62.8 Å². The van der Waals surface area contributed by atoms with E-state index in [4.69, 9.17) is 4.74 Å². The van der Waals surface area contributed by atoms with Crippen molar-refractivity contribution >= 4 is 18.3 Å². The summed E-state index contributed by atoms with van der Waals surface area (Å²) >= 11 is 0. The van der Waals surface area contributed by atoms with E-state index in [0.717, 1.165) is 58.8 Å². The Bertz CT molecular complexity index is 328. The molecule has 0 aromatic rings. The number of amides is 1. The molecule has 0 aromatic carbocycles. The molecule has 2 rings (SSSR count). The van der Waals surface area contributed by atoms with Crippen molar-refractivity contribution in [2.45, 2.75) is 45.6 Å². The van der Waals surface area contributed by atoms with Gasteiger partial charge >= 0.3 is 0 Å². The third-order valence-electron chi connectivity index (χ3n) is 5.30. The van der Waals surface area contributed by atoms with Crippen LogP contribution in [0.25, 0.3) is 0 Å². The van der Waals surface area contributed by atoms with Gasteiger partial charge in [0.15, 0.2) is 0 Å². The first-order chi connectivity index (χ1) is 10.8. The molecule has 1 amide bonds. The van der Waals surface area contributed by atoms with E-state index in [1.165, 1.54) is 12.8 Å². The Morgan fingerprint density at radius 2 is 1.83 bits per heavy atom. The Hall–Kier alpha value is -0.360. The number of halogens is 1. The van der Waals surface area contributed by atoms with Crippen LogP contribution in [0.3, 0.4) is 0 Å². The lowest BCUT2D eigenvalue weighted by molar-refractivity contribution is -0.126. The van der Waals surface area contributed by atoms with Crippen LogP contribution in [-0.2, 0) is 9.53 Å². The number of rotatable bonds is 7. The van der Waals surface area contributed by atoms with Crippen molar-refractivity contribution in [3.8, 4) is 0 Å². The summed E-state index contributed by atoms with van der Waals surface area (Å²) in [5.74, 6) is 1.10. The Morgan fingerprint density at radius 1 is 1.22 bits per heavy atom. The van der Waals surface area contributed by atoms with Gasteiger partial charge in [0.25, 0.3) is 0 Å². The molecule has 0 bridgehead atoms. The second-order valence-electron chi connectivity index (χ2n) is 6.56. The molecule has 0 spiro atoms. The molecule has 2 saturated heterocycles. The van der Waals surface area contributed by atoms with E-state index in [-0.39, 0.29) is 24.2 Å². The fourth-order valence-electron chi connectivity index (χ4n) is 3.77. The predicted molar refractivity (Wildman–Crippen MR) is 96.1 cm³/mol. The number of nitrogens with zero attached hydrogens (tertiary/aromatic N) is 1. The lowest BCUT2D eigenvalue weighted by atomic mass is 9.91. The zero-order valence-corrected chi connectivity index (χ0v) is 15.5. The molecule has 0 radical (unpaired) electrons. The second kappa shape index (κ2) is 11.2. The number of hydrogen-bond donors (Lipinski definition) is 2. The molecule has 23 heavy (non-hydrogen) atoms. The molecule has 2 aliphatic rings. The van der Waals surface area contributed by atoms with E-state index in [0.29, 0.717) is 12.0 Å². The van der Waals surface area contributed by atoms with Crippen LogP contribution in [0.1, 0.15) is 39.5 Å². The summed E-state index contributed by atoms with van der Waals surface area (Å²) < 4.78 is 5.48. The van der Waals surface area contributed by atoms with Crippen LogP contribution in [0.2, 0.25) is 0 Å². The highest BCUT2D eigenvalue weighted by Crippen LogP contribution is 2.20. The summed E-state index contributed by atoms with van der Waals surface area (Å²) in [5, 5.41) is 6.57. The van der Waals surface area contributed by atoms with Crippen LogP contribution in [0.5, 0.6) is 0 Å². The monoisotopic (exact) mass is 347 g/mol. The molecule has 1 atom stereocenters. The van der Waals surface area contributed by atoms with Crippen molar-refractivity contribution in [1.82, 2.24) is 15.5 Å². The van der Waals surface area contributed by atoms with E-state index >= 15 is 0 Å². The first kappa shape index (κ1) is 20.7. The van der Waals surface area contributed by atoms with Crippen molar-refractivity contribution < 1.29 is 9.53 Å². The molecule has 6 heteroatoms. The molecule has 2 heterocycles. The lowest BCUT2D eigenvalue weighted by Crippen LogP contribution is -2.52. The molecule has 0 aromatic heterocycles. The highest BCUT2D eigenvalue weighted by atomic mass is 35.5. The van der Waals surface area contributed by atoms with E-state index in [2.05, 4.69) is 29.4 Å². The minimum Gasteiger partial charge on any atom is -0.379 e. The maximum atomic E-state index is 12.4. The van der Waals surface area contributed by atoms with Gasteiger partial charge in [0, 0.05) is 31.6 Å². The molecule has 2 N–H and O–H groups in total. The maximum Gasteiger partial charge on any atom is 0.223 e. The van der Waals surface area contributed by atoms with E-state index in [1.54, 1.807) is 0 Å². The standard InChI is InChI=1S/C17H33N3O2.ClH/c1-3-14(4-2)16(20-9-11-22-12-10-20)13-19-17(21)15-5-7-18-8-6-15;/h14-16,18H,3-13H2,1-2H3,(H,19,21);1H. The van der Waals surface area contributed by atoms with Gasteiger partial charge in [0.2, 0.25) is 5.91 Å². The van der Waals surface area contributed by atoms with Gasteiger partial charge in [-0.15, -0.1) is 12.4 Å². The van der Waals surface area contributed by atoms with E-state index in [1.807, 2.05) is 0 Å². The van der Waals surface area contributed by atoms with Crippen molar-refractivity contribution in [1.29, 1.82) is 0 Å². The maximum absolute atomic E-state index is 12.4. The second-order valence-corrected chi connectivity index (χ2v) is 6.56. The molecule has 0 aliphatic carbocycles. The molecule has 136 valence electrons. The van der Waals surface area contributed by atoms with Gasteiger partial charge in [-0.2, -0.15) is 0 Å². The summed E-state index contributed by atoms with van der Waals surface area (Å²) in [7, 11) is 0. The fourth-order valence-corrected chi connectivity index (χ4v) is 3.77. The number of nitrogens with one attached hydrogen (secondary N) is 2. The minimum absolute atomic E-state index is 0. The van der Waals surface area contributed by atoms with Gasteiger partial charge in [0.1, 0.15) is 0 Å². The van der Waals surface area contributed by atoms with Crippen LogP contribution in [0, 0.1) is 11.8 Å². The largest absolute Gasteiger partial charge is 0.379 e. The number of morpholine rings is 1. The number of hydrogen-bond acceptors (Lipinski definition) is 4. The van der Waals surface area contributed by atoms with Crippen LogP contribution < -0.4 is 10.6 Å². The Labute approximate surface area is 147 Å². The zero-order chi connectivity index (χ0) is 15.8. The minimum atomic E-state index is 0. The lowest BCUT2D eigenvalue weighted by Gasteiger charge is -2.39. The van der Waals surface area contributed by atoms with Gasteiger partial charge in [-0.25, -0.2) is 0 Å². The number of ether oxygens (including phenoxy) is 1. The van der Waals surface area contributed by atoms with Crippen LogP contribution in [0.15, 0.2) is 0 Å². The molecule has 2 fully saturated rings. The van der Waals surface area contributed by atoms with Crippen LogP contribution in [0.4, 0.5) is 0 Å². The van der Waals surface area contributed by atoms with Crippen molar-refractivity contribution in [2.75, 3.05) is 45.9 Å². The summed E-state index contributed by atoms with van der Waals surface area (Å²) in [6.07, 6.45) is 4.28. The average Bonchev–Trinajstić information content (AvgIpc) is 2.60. The quantitative estimate of drug-likeness (QED) is 0.735. The Morgan fingerprint density at radius 3 is 2.39 bits per heavy atom. The van der Waals surface area contributed by atoms with Gasteiger partial charge < -0.3 is 15.4 Å². The van der Waals surface area contributed by atoms with Crippen LogP contribution >= 0.6 is 12.4 Å². The van der Waals surface area contributed by atoms with Crippen molar-refractivity contribution in [3.63, 3.8) is 0 Å². The topological polar surface area (TPSA) is 53.6 Å². The Kier molecular flexibility index (Phi) is 10.1. The fraction of sp³-hybridized carbons (Fsp3) is 0.941. The number of carbonyl (C=O) groups excluding carboxylic acids is 1. The predicted octanol–water partition coefficient (Wildman–Crippen LogP) is 1.66. The van der Waals surface area contributed by atoms with E-state index < -0.39 is 0 Å². The number of carbonyl (C=O) groups is 1. The molecular weight excluding hydrogens is 314 g/mol. The molecule has 5 nitrogen and oxygen atoms in total. The Balaban J connectivity index is 0.00000264. The molecule has 2 aliphatic heterocycles. The zero-order valence-electron chi connectivity index (χ0n) is 14.7. The first-order valence-electron chi connectivity index (χ1n) is 9.06. The highest BCUT2D eigenvalue weighted by Gasteiger charge is 2.28. The number of piperidine rings is 1. The summed E-state index contributed by atoms with van der Waals surface area (Å²) in [6, 6.07) is 0.449. The first-order valence-corrected chi connectivity index (χ1v) is 9.06. The molecule has 0 saturated carbocycles.